The third-order valence-electron chi connectivity index (χ3n) is 5.03. The van der Waals surface area contributed by atoms with Gasteiger partial charge in [-0.2, -0.15) is 12.8 Å². The van der Waals surface area contributed by atoms with Crippen molar-refractivity contribution in [3.63, 3.8) is 0 Å². The topological polar surface area (TPSA) is 63.6 Å². The van der Waals surface area contributed by atoms with Crippen LogP contribution in [0.1, 0.15) is 32.6 Å². The fraction of sp³-hybridized carbons (Fsp3) is 0.120. The Morgan fingerprint density at radius 3 is 2.16 bits per heavy atom. The summed E-state index contributed by atoms with van der Waals surface area (Å²) >= 11 is 1.31. The number of hydrogen-bond acceptors (Lipinski definition) is 4. The maximum absolute atomic E-state index is 13.2. The molecule has 0 saturated carbocycles. The van der Waals surface area contributed by atoms with Gasteiger partial charge in [-0.1, -0.05) is 65.9 Å². The van der Waals surface area contributed by atoms with Crippen LogP contribution in [0.5, 0.6) is 0 Å². The van der Waals surface area contributed by atoms with E-state index in [0.717, 1.165) is 16.0 Å². The molecule has 0 saturated heterocycles. The summed E-state index contributed by atoms with van der Waals surface area (Å²) in [7, 11) is -3.95. The first-order valence-electron chi connectivity index (χ1n) is 9.77. The molecule has 0 aliphatic heterocycles. The van der Waals surface area contributed by atoms with E-state index >= 15 is 0 Å². The zero-order valence-electron chi connectivity index (χ0n) is 17.4. The van der Waals surface area contributed by atoms with E-state index in [-0.39, 0.29) is 16.4 Å². The molecule has 156 valence electrons. The fourth-order valence-electron chi connectivity index (χ4n) is 3.35. The second-order valence-electron chi connectivity index (χ2n) is 7.52. The van der Waals surface area contributed by atoms with Gasteiger partial charge in [0.15, 0.2) is 5.78 Å². The van der Waals surface area contributed by atoms with Crippen LogP contribution in [0.3, 0.4) is 0 Å². The molecule has 3 aromatic carbocycles. The average molecular weight is 448 g/mol. The predicted octanol–water partition coefficient (Wildman–Crippen LogP) is 5.66. The van der Waals surface area contributed by atoms with Crippen molar-refractivity contribution in [2.24, 2.45) is 4.40 Å². The normalized spacial score (nSPS) is 15.0. The minimum absolute atomic E-state index is 0.135. The molecule has 31 heavy (non-hydrogen) atoms. The number of ketones is 1. The van der Waals surface area contributed by atoms with E-state index in [1.165, 1.54) is 11.8 Å². The van der Waals surface area contributed by atoms with E-state index < -0.39 is 10.0 Å². The summed E-state index contributed by atoms with van der Waals surface area (Å²) in [5.41, 5.74) is 3.85. The van der Waals surface area contributed by atoms with E-state index in [9.17, 15) is 13.2 Å². The van der Waals surface area contributed by atoms with Gasteiger partial charge >= 0.3 is 0 Å². The van der Waals surface area contributed by atoms with Gasteiger partial charge in [-0.25, -0.2) is 0 Å². The van der Waals surface area contributed by atoms with Gasteiger partial charge in [0.1, 0.15) is 0 Å². The number of nitrogens with zero attached hydrogens (tertiary/aromatic N) is 1. The first kappa shape index (κ1) is 21.3. The summed E-state index contributed by atoms with van der Waals surface area (Å²) in [5, 5.41) is 0. The second kappa shape index (κ2) is 8.29. The third kappa shape index (κ3) is 4.40. The van der Waals surface area contributed by atoms with Crippen LogP contribution in [0.15, 0.2) is 91.9 Å². The van der Waals surface area contributed by atoms with Gasteiger partial charge in [-0.15, -0.1) is 0 Å². The summed E-state index contributed by atoms with van der Waals surface area (Å²) < 4.78 is 30.5. The molecule has 4 nitrogen and oxygen atoms in total. The zero-order valence-corrected chi connectivity index (χ0v) is 19.0. The Kier molecular flexibility index (Phi) is 5.69. The van der Waals surface area contributed by atoms with Crippen LogP contribution in [0.25, 0.3) is 0 Å². The maximum Gasteiger partial charge on any atom is 0.283 e. The van der Waals surface area contributed by atoms with Crippen molar-refractivity contribution in [2.75, 3.05) is 0 Å². The monoisotopic (exact) mass is 447 g/mol. The molecular weight excluding hydrogens is 426 g/mol. The van der Waals surface area contributed by atoms with Crippen molar-refractivity contribution >= 4 is 33.3 Å². The molecule has 0 amide bonds. The molecule has 0 heterocycles. The molecule has 1 aliphatic carbocycles. The van der Waals surface area contributed by atoms with Crippen molar-refractivity contribution in [2.45, 2.75) is 30.6 Å². The van der Waals surface area contributed by atoms with Gasteiger partial charge in [0.05, 0.1) is 15.5 Å². The molecular formula is C25H21NO3S2. The van der Waals surface area contributed by atoms with E-state index in [1.807, 2.05) is 44.2 Å². The number of sulfonamides is 1. The molecule has 0 atom stereocenters. The zero-order chi connectivity index (χ0) is 22.2. The van der Waals surface area contributed by atoms with Gasteiger partial charge in [-0.05, 0) is 56.2 Å². The highest BCUT2D eigenvalue weighted by atomic mass is 32.2. The van der Waals surface area contributed by atoms with Crippen LogP contribution >= 0.6 is 11.8 Å². The van der Waals surface area contributed by atoms with Gasteiger partial charge < -0.3 is 0 Å². The van der Waals surface area contributed by atoms with Gasteiger partial charge in [-0.3, -0.25) is 4.79 Å². The largest absolute Gasteiger partial charge is 0.288 e. The highest BCUT2D eigenvalue weighted by Gasteiger charge is 2.27. The Morgan fingerprint density at radius 1 is 0.806 bits per heavy atom. The first-order valence-corrected chi connectivity index (χ1v) is 12.0. The van der Waals surface area contributed by atoms with Crippen LogP contribution < -0.4 is 0 Å². The highest BCUT2D eigenvalue weighted by molar-refractivity contribution is 8.04. The number of carbonyl (C=O) groups is 1. The highest BCUT2D eigenvalue weighted by Crippen LogP contribution is 2.34. The SMILES string of the molecule is Cc1ccc(SC2=C/C(=N/S(=O)(=O)c3cc(C)ccc3C)c3ccccc3C2=O)cc1. The molecule has 0 spiro atoms. The summed E-state index contributed by atoms with van der Waals surface area (Å²) in [6, 6.07) is 20.1. The molecule has 0 radical (unpaired) electrons. The number of aryl methyl sites for hydroxylation is 3. The summed E-state index contributed by atoms with van der Waals surface area (Å²) in [4.78, 5) is 14.6. The van der Waals surface area contributed by atoms with Crippen molar-refractivity contribution in [1.29, 1.82) is 0 Å². The predicted molar refractivity (Wildman–Crippen MR) is 126 cm³/mol. The molecule has 0 N–H and O–H groups in total. The van der Waals surface area contributed by atoms with Gasteiger partial charge in [0, 0.05) is 16.0 Å². The van der Waals surface area contributed by atoms with Gasteiger partial charge in [0.2, 0.25) is 0 Å². The molecule has 4 rings (SSSR count). The quantitative estimate of drug-likeness (QED) is 0.517. The van der Waals surface area contributed by atoms with E-state index in [1.54, 1.807) is 49.4 Å². The minimum Gasteiger partial charge on any atom is -0.288 e. The Labute approximate surface area is 186 Å². The lowest BCUT2D eigenvalue weighted by Crippen LogP contribution is -2.17. The Bertz CT molecular complexity index is 1350. The van der Waals surface area contributed by atoms with Crippen molar-refractivity contribution in [3.8, 4) is 0 Å². The number of rotatable bonds is 4. The lowest BCUT2D eigenvalue weighted by Gasteiger charge is -2.17. The Morgan fingerprint density at radius 2 is 1.45 bits per heavy atom. The van der Waals surface area contributed by atoms with Crippen LogP contribution in [0, 0.1) is 20.8 Å². The molecule has 6 heteroatoms. The molecule has 0 aromatic heterocycles. The number of carbonyl (C=O) groups excluding carboxylic acids is 1. The molecule has 3 aromatic rings. The van der Waals surface area contributed by atoms with Crippen LogP contribution in [-0.4, -0.2) is 19.9 Å². The number of allylic oxidation sites excluding steroid dienone is 2. The van der Waals surface area contributed by atoms with Crippen molar-refractivity contribution in [3.05, 3.63) is 106 Å². The van der Waals surface area contributed by atoms with Crippen molar-refractivity contribution in [1.82, 2.24) is 0 Å². The summed E-state index contributed by atoms with van der Waals surface area (Å²) in [5.74, 6) is -0.135. The van der Waals surface area contributed by atoms with Crippen LogP contribution in [-0.2, 0) is 10.0 Å². The molecule has 1 aliphatic rings. The Balaban J connectivity index is 1.83. The summed E-state index contributed by atoms with van der Waals surface area (Å²) in [6.07, 6.45) is 1.58. The molecule has 0 fully saturated rings. The number of thioether (sulfide) groups is 1. The number of hydrogen-bond donors (Lipinski definition) is 0. The number of benzene rings is 3. The standard InChI is InChI=1S/C25H21NO3S2/c1-16-9-12-19(13-10-16)30-23-15-22(20-6-4-5-7-21(20)25(23)27)26-31(28,29)24-14-17(2)8-11-18(24)3/h4-15H,1-3H3/b26-22-. The maximum atomic E-state index is 13.2. The van der Waals surface area contributed by atoms with Gasteiger partial charge in [0.25, 0.3) is 10.0 Å². The first-order chi connectivity index (χ1) is 14.7. The smallest absolute Gasteiger partial charge is 0.283 e. The van der Waals surface area contributed by atoms with E-state index in [4.69, 9.17) is 0 Å². The fourth-order valence-corrected chi connectivity index (χ4v) is 5.57. The lowest BCUT2D eigenvalue weighted by atomic mass is 9.94. The van der Waals surface area contributed by atoms with Crippen LogP contribution in [0.4, 0.5) is 0 Å². The molecule has 0 bridgehead atoms. The summed E-state index contributed by atoms with van der Waals surface area (Å²) in [6.45, 7) is 5.59. The third-order valence-corrected chi connectivity index (χ3v) is 7.49. The van der Waals surface area contributed by atoms with Crippen molar-refractivity contribution < 1.29 is 13.2 Å². The average Bonchev–Trinajstić information content (AvgIpc) is 2.74. The van der Waals surface area contributed by atoms with Crippen LogP contribution in [0.2, 0.25) is 0 Å². The number of fused-ring (bicyclic) bond motifs is 1. The number of Topliss-reactive ketones (excluding diaryl/α,β-unsaturated/α-hetero) is 1. The van der Waals surface area contributed by atoms with E-state index in [2.05, 4.69) is 4.40 Å². The Hall–Kier alpha value is -2.96. The van der Waals surface area contributed by atoms with E-state index in [0.29, 0.717) is 21.6 Å². The molecule has 0 unspecified atom stereocenters. The second-order valence-corrected chi connectivity index (χ2v) is 10.2. The lowest BCUT2D eigenvalue weighted by molar-refractivity contribution is 0.104. The minimum atomic E-state index is -3.95.